The Bertz CT molecular complexity index is 767. The molecule has 0 radical (unpaired) electrons. The maximum Gasteiger partial charge on any atom is 0.305 e. The molecule has 4 nitrogen and oxygen atoms in total. The van der Waals surface area contributed by atoms with Gasteiger partial charge in [0.05, 0.1) is 7.11 Å². The first-order chi connectivity index (χ1) is 13.7. The highest BCUT2D eigenvalue weighted by Crippen LogP contribution is 2.73. The molecule has 4 aliphatic carbocycles. The maximum atomic E-state index is 12.6. The van der Waals surface area contributed by atoms with E-state index in [0.29, 0.717) is 30.5 Å². The van der Waals surface area contributed by atoms with Crippen LogP contribution in [0.5, 0.6) is 0 Å². The van der Waals surface area contributed by atoms with E-state index in [1.54, 1.807) is 6.92 Å². The zero-order chi connectivity index (χ0) is 21.0. The van der Waals surface area contributed by atoms with E-state index in [0.717, 1.165) is 51.4 Å². The number of carbonyl (C=O) groups excluding carboxylic acids is 3. The van der Waals surface area contributed by atoms with Crippen LogP contribution in [0.15, 0.2) is 11.6 Å². The minimum atomic E-state index is -0.138. The minimum absolute atomic E-state index is 0.0242. The number of hydrogen-bond acceptors (Lipinski definition) is 4. The molecule has 4 heteroatoms. The summed E-state index contributed by atoms with van der Waals surface area (Å²) in [6.45, 7) is 6.49. The number of esters is 1. The van der Waals surface area contributed by atoms with Crippen molar-refractivity contribution < 1.29 is 19.1 Å². The first kappa shape index (κ1) is 20.8. The van der Waals surface area contributed by atoms with Gasteiger partial charge >= 0.3 is 5.97 Å². The summed E-state index contributed by atoms with van der Waals surface area (Å²) in [6, 6.07) is 0. The highest BCUT2D eigenvalue weighted by atomic mass is 16.5. The van der Waals surface area contributed by atoms with Crippen LogP contribution in [0.25, 0.3) is 0 Å². The molecule has 160 valence electrons. The number of Topliss-reactive ketones (excluding diaryl/α,β-unsaturated/α-hetero) is 1. The molecular formula is C25H36O4. The number of fused-ring (bicyclic) bond motifs is 5. The average molecular weight is 401 g/mol. The van der Waals surface area contributed by atoms with Gasteiger partial charge in [0, 0.05) is 18.8 Å². The summed E-state index contributed by atoms with van der Waals surface area (Å²) in [4.78, 5) is 36.8. The van der Waals surface area contributed by atoms with Crippen LogP contribution >= 0.6 is 0 Å². The summed E-state index contributed by atoms with van der Waals surface area (Å²) in [7, 11) is 1.47. The normalized spacial score (nSPS) is 43.7. The Balaban J connectivity index is 1.75. The van der Waals surface area contributed by atoms with Crippen molar-refractivity contribution in [1.82, 2.24) is 0 Å². The van der Waals surface area contributed by atoms with Crippen molar-refractivity contribution in [2.75, 3.05) is 7.11 Å². The molecule has 0 unspecified atom stereocenters. The number of carbonyl (C=O) groups is 3. The summed E-state index contributed by atoms with van der Waals surface area (Å²) < 4.78 is 4.99. The second-order valence-electron chi connectivity index (χ2n) is 10.7. The van der Waals surface area contributed by atoms with Gasteiger partial charge in [-0.15, -0.1) is 0 Å². The van der Waals surface area contributed by atoms with Gasteiger partial charge in [-0.3, -0.25) is 14.4 Å². The van der Waals surface area contributed by atoms with Crippen LogP contribution in [0.3, 0.4) is 0 Å². The molecule has 4 aliphatic rings. The van der Waals surface area contributed by atoms with Crippen molar-refractivity contribution in [2.24, 2.45) is 34.0 Å². The highest BCUT2D eigenvalue weighted by Gasteiger charge is 2.67. The summed E-state index contributed by atoms with van der Waals surface area (Å²) in [5.41, 5.74) is 1.46. The van der Waals surface area contributed by atoms with E-state index in [1.165, 1.54) is 12.7 Å². The van der Waals surface area contributed by atoms with Crippen molar-refractivity contribution in [3.8, 4) is 0 Å². The van der Waals surface area contributed by atoms with Crippen molar-refractivity contribution in [1.29, 1.82) is 0 Å². The molecule has 0 bridgehead atoms. The molecule has 0 N–H and O–H groups in total. The van der Waals surface area contributed by atoms with Gasteiger partial charge in [-0.2, -0.15) is 0 Å². The lowest BCUT2D eigenvalue weighted by Gasteiger charge is -2.63. The predicted octanol–water partition coefficient (Wildman–Crippen LogP) is 5.05. The molecule has 0 heterocycles. The van der Waals surface area contributed by atoms with Gasteiger partial charge in [-0.25, -0.2) is 0 Å². The SMILES string of the molecule is COC(=O)CC[C@]12CC[C@H](C(C)=O)[C@@]1(C)CC[C@H]1[C@H]2CCC2=CC(=O)CC[C@@]21C. The van der Waals surface area contributed by atoms with Crippen LogP contribution in [0.4, 0.5) is 0 Å². The minimum Gasteiger partial charge on any atom is -0.469 e. The number of allylic oxidation sites excluding steroid dienone is 1. The van der Waals surface area contributed by atoms with E-state index in [9.17, 15) is 14.4 Å². The highest BCUT2D eigenvalue weighted by molar-refractivity contribution is 5.91. The van der Waals surface area contributed by atoms with Gasteiger partial charge < -0.3 is 4.74 Å². The Morgan fingerprint density at radius 1 is 1.07 bits per heavy atom. The van der Waals surface area contributed by atoms with Gasteiger partial charge in [-0.1, -0.05) is 19.4 Å². The van der Waals surface area contributed by atoms with E-state index < -0.39 is 0 Å². The monoisotopic (exact) mass is 400 g/mol. The first-order valence-electron chi connectivity index (χ1n) is 11.5. The van der Waals surface area contributed by atoms with Gasteiger partial charge in [-0.05, 0) is 92.4 Å². The fourth-order valence-electron chi connectivity index (χ4n) is 8.41. The zero-order valence-electron chi connectivity index (χ0n) is 18.5. The van der Waals surface area contributed by atoms with E-state index in [-0.39, 0.29) is 33.9 Å². The molecule has 0 aromatic rings. The second kappa shape index (κ2) is 7.06. The number of ether oxygens (including phenoxy) is 1. The molecule has 0 aromatic carbocycles. The van der Waals surface area contributed by atoms with Crippen LogP contribution in [-0.4, -0.2) is 24.6 Å². The lowest BCUT2D eigenvalue weighted by Crippen LogP contribution is -2.57. The number of ketones is 2. The predicted molar refractivity (Wildman–Crippen MR) is 111 cm³/mol. The largest absolute Gasteiger partial charge is 0.469 e. The van der Waals surface area contributed by atoms with Crippen LogP contribution in [0.2, 0.25) is 0 Å². The molecule has 3 saturated carbocycles. The number of methoxy groups -OCH3 is 1. The van der Waals surface area contributed by atoms with Crippen molar-refractivity contribution in [2.45, 2.75) is 85.0 Å². The molecule has 29 heavy (non-hydrogen) atoms. The summed E-state index contributed by atoms with van der Waals surface area (Å²) in [6.07, 6.45) is 11.1. The van der Waals surface area contributed by atoms with E-state index in [1.807, 2.05) is 6.08 Å². The zero-order valence-corrected chi connectivity index (χ0v) is 18.5. The van der Waals surface area contributed by atoms with Crippen molar-refractivity contribution >= 4 is 17.5 Å². The van der Waals surface area contributed by atoms with Gasteiger partial charge in [0.2, 0.25) is 0 Å². The van der Waals surface area contributed by atoms with Gasteiger partial charge in [0.25, 0.3) is 0 Å². The molecule has 3 fully saturated rings. The lowest BCUT2D eigenvalue weighted by molar-refractivity contribution is -0.152. The molecule has 6 atom stereocenters. The number of rotatable bonds is 4. The third kappa shape index (κ3) is 2.88. The second-order valence-corrected chi connectivity index (χ2v) is 10.7. The van der Waals surface area contributed by atoms with Crippen LogP contribution in [0, 0.1) is 34.0 Å². The van der Waals surface area contributed by atoms with Crippen molar-refractivity contribution in [3.05, 3.63) is 11.6 Å². The Morgan fingerprint density at radius 2 is 1.83 bits per heavy atom. The molecular weight excluding hydrogens is 364 g/mol. The molecule has 4 rings (SSSR count). The molecule has 0 spiro atoms. The smallest absolute Gasteiger partial charge is 0.305 e. The first-order valence-corrected chi connectivity index (χ1v) is 11.5. The Hall–Kier alpha value is -1.45. The van der Waals surface area contributed by atoms with Crippen molar-refractivity contribution in [3.63, 3.8) is 0 Å². The van der Waals surface area contributed by atoms with E-state index >= 15 is 0 Å². The number of hydrogen-bond donors (Lipinski definition) is 0. The summed E-state index contributed by atoms with van der Waals surface area (Å²) in [5.74, 6) is 1.64. The Morgan fingerprint density at radius 3 is 2.52 bits per heavy atom. The van der Waals surface area contributed by atoms with Crippen LogP contribution in [-0.2, 0) is 19.1 Å². The third-order valence-corrected chi connectivity index (χ3v) is 9.95. The topological polar surface area (TPSA) is 60.4 Å². The van der Waals surface area contributed by atoms with Crippen LogP contribution in [0.1, 0.15) is 85.0 Å². The maximum absolute atomic E-state index is 12.6. The fourth-order valence-corrected chi connectivity index (χ4v) is 8.41. The quantitative estimate of drug-likeness (QED) is 0.620. The molecule has 0 amide bonds. The average Bonchev–Trinajstić information content (AvgIpc) is 3.00. The summed E-state index contributed by atoms with van der Waals surface area (Å²) >= 11 is 0. The fraction of sp³-hybridized carbons (Fsp3) is 0.800. The Labute approximate surface area is 174 Å². The van der Waals surface area contributed by atoms with E-state index in [4.69, 9.17) is 4.74 Å². The van der Waals surface area contributed by atoms with Gasteiger partial charge in [0.1, 0.15) is 5.78 Å². The third-order valence-electron chi connectivity index (χ3n) is 9.95. The molecule has 0 aliphatic heterocycles. The standard InChI is InChI=1S/C25H36O4/c1-16(26)19-9-13-25(14-10-22(28)29-4)21-6-5-17-15-18(27)7-11-23(17,2)20(21)8-12-24(19,25)3/h15,19-21H,5-14H2,1-4H3/t19-,20+,21-,23+,24-,25+/m1/s1. The lowest BCUT2D eigenvalue weighted by atomic mass is 9.40. The summed E-state index contributed by atoms with van der Waals surface area (Å²) in [5, 5.41) is 0. The molecule has 0 saturated heterocycles. The van der Waals surface area contributed by atoms with Crippen LogP contribution < -0.4 is 0 Å². The van der Waals surface area contributed by atoms with E-state index in [2.05, 4.69) is 13.8 Å². The molecule has 0 aromatic heterocycles. The Kier molecular flexibility index (Phi) is 5.07. The van der Waals surface area contributed by atoms with Gasteiger partial charge in [0.15, 0.2) is 5.78 Å².